The molecule has 0 aliphatic rings. The van der Waals surface area contributed by atoms with Crippen molar-refractivity contribution in [2.75, 3.05) is 12.4 Å². The number of amides is 2. The molecule has 0 radical (unpaired) electrons. The normalized spacial score (nSPS) is 9.95. The first-order valence-electron chi connectivity index (χ1n) is 6.00. The summed E-state index contributed by atoms with van der Waals surface area (Å²) in [7, 11) is 1.73. The number of carbonyl (C=O) groups is 1. The van der Waals surface area contributed by atoms with Crippen molar-refractivity contribution in [3.8, 4) is 5.75 Å². The second kappa shape index (κ2) is 5.91. The standard InChI is InChI=1S/C15H16N2O2/c1-17(11-12-7-9-14(18)10-8-12)15(19)16-13-5-3-2-4-6-13/h2-10,18H,11H2,1H3,(H,16,19). The Labute approximate surface area is 112 Å². The number of nitrogens with zero attached hydrogens (tertiary/aromatic N) is 1. The largest absolute Gasteiger partial charge is 0.508 e. The van der Waals surface area contributed by atoms with Crippen molar-refractivity contribution in [2.45, 2.75) is 6.54 Å². The van der Waals surface area contributed by atoms with Gasteiger partial charge >= 0.3 is 6.03 Å². The predicted octanol–water partition coefficient (Wildman–Crippen LogP) is 3.06. The highest BCUT2D eigenvalue weighted by Crippen LogP contribution is 2.12. The molecule has 0 saturated carbocycles. The number of hydrogen-bond acceptors (Lipinski definition) is 2. The van der Waals surface area contributed by atoms with Crippen LogP contribution >= 0.6 is 0 Å². The van der Waals surface area contributed by atoms with Crippen LogP contribution in [0.15, 0.2) is 54.6 Å². The minimum absolute atomic E-state index is 0.167. The van der Waals surface area contributed by atoms with Crippen molar-refractivity contribution >= 4 is 11.7 Å². The lowest BCUT2D eigenvalue weighted by Crippen LogP contribution is -2.30. The molecule has 2 N–H and O–H groups in total. The Balaban J connectivity index is 1.94. The first-order chi connectivity index (χ1) is 9.15. The summed E-state index contributed by atoms with van der Waals surface area (Å²) in [4.78, 5) is 13.5. The van der Waals surface area contributed by atoms with E-state index in [-0.39, 0.29) is 11.8 Å². The summed E-state index contributed by atoms with van der Waals surface area (Å²) in [5, 5.41) is 12.0. The third-order valence-electron chi connectivity index (χ3n) is 2.73. The van der Waals surface area contributed by atoms with Gasteiger partial charge in [-0.15, -0.1) is 0 Å². The molecule has 2 aromatic carbocycles. The van der Waals surface area contributed by atoms with Gasteiger partial charge in [-0.05, 0) is 29.8 Å². The Kier molecular flexibility index (Phi) is 4.03. The molecule has 4 nitrogen and oxygen atoms in total. The molecular weight excluding hydrogens is 240 g/mol. The number of phenols is 1. The smallest absolute Gasteiger partial charge is 0.321 e. The average Bonchev–Trinajstić information content (AvgIpc) is 2.42. The van der Waals surface area contributed by atoms with Crippen molar-refractivity contribution in [3.05, 3.63) is 60.2 Å². The number of aromatic hydroxyl groups is 1. The van der Waals surface area contributed by atoms with Gasteiger partial charge in [0, 0.05) is 19.3 Å². The van der Waals surface area contributed by atoms with E-state index in [9.17, 15) is 9.90 Å². The predicted molar refractivity (Wildman–Crippen MR) is 75.0 cm³/mol. The third-order valence-corrected chi connectivity index (χ3v) is 2.73. The highest BCUT2D eigenvalue weighted by atomic mass is 16.3. The SMILES string of the molecule is CN(Cc1ccc(O)cc1)C(=O)Nc1ccccc1. The molecule has 0 aromatic heterocycles. The van der Waals surface area contributed by atoms with Crippen LogP contribution in [-0.2, 0) is 6.54 Å². The van der Waals surface area contributed by atoms with E-state index in [1.165, 1.54) is 0 Å². The summed E-state index contributed by atoms with van der Waals surface area (Å²) in [5.74, 6) is 0.222. The number of carbonyl (C=O) groups excluding carboxylic acids is 1. The Morgan fingerprint density at radius 1 is 1.11 bits per heavy atom. The zero-order valence-corrected chi connectivity index (χ0v) is 10.7. The molecule has 0 spiro atoms. The first-order valence-corrected chi connectivity index (χ1v) is 6.00. The van der Waals surface area contributed by atoms with Gasteiger partial charge in [-0.2, -0.15) is 0 Å². The van der Waals surface area contributed by atoms with E-state index in [4.69, 9.17) is 0 Å². The van der Waals surface area contributed by atoms with Crippen LogP contribution < -0.4 is 5.32 Å². The fraction of sp³-hybridized carbons (Fsp3) is 0.133. The van der Waals surface area contributed by atoms with Crippen molar-refractivity contribution in [1.29, 1.82) is 0 Å². The number of urea groups is 1. The number of nitrogens with one attached hydrogen (secondary N) is 1. The van der Waals surface area contributed by atoms with E-state index < -0.39 is 0 Å². The van der Waals surface area contributed by atoms with Gasteiger partial charge in [0.15, 0.2) is 0 Å². The Hall–Kier alpha value is -2.49. The van der Waals surface area contributed by atoms with Gasteiger partial charge in [-0.1, -0.05) is 30.3 Å². The van der Waals surface area contributed by atoms with Crippen molar-refractivity contribution in [2.24, 2.45) is 0 Å². The molecule has 98 valence electrons. The maximum absolute atomic E-state index is 11.9. The molecule has 0 aliphatic heterocycles. The first kappa shape index (κ1) is 13.0. The quantitative estimate of drug-likeness (QED) is 0.886. The molecule has 0 unspecified atom stereocenters. The van der Waals surface area contributed by atoms with E-state index >= 15 is 0 Å². The number of para-hydroxylation sites is 1. The molecule has 2 rings (SSSR count). The molecule has 0 fully saturated rings. The number of rotatable bonds is 3. The van der Waals surface area contributed by atoms with Gasteiger partial charge in [-0.25, -0.2) is 4.79 Å². The minimum Gasteiger partial charge on any atom is -0.508 e. The van der Waals surface area contributed by atoms with Crippen LogP contribution in [0.5, 0.6) is 5.75 Å². The molecule has 0 aliphatic carbocycles. The fourth-order valence-corrected chi connectivity index (χ4v) is 1.69. The summed E-state index contributed by atoms with van der Waals surface area (Å²) in [6.07, 6.45) is 0. The number of hydrogen-bond donors (Lipinski definition) is 2. The van der Waals surface area contributed by atoms with Gasteiger partial charge in [0.1, 0.15) is 5.75 Å². The maximum atomic E-state index is 11.9. The lowest BCUT2D eigenvalue weighted by Gasteiger charge is -2.18. The third kappa shape index (κ3) is 3.74. The molecule has 4 heteroatoms. The lowest BCUT2D eigenvalue weighted by atomic mass is 10.2. The molecular formula is C15H16N2O2. The van der Waals surface area contributed by atoms with Crippen LogP contribution in [0.1, 0.15) is 5.56 Å². The summed E-state index contributed by atoms with van der Waals surface area (Å²) in [6, 6.07) is 16.0. The topological polar surface area (TPSA) is 52.6 Å². The van der Waals surface area contributed by atoms with Gasteiger partial charge < -0.3 is 15.3 Å². The molecule has 0 atom stereocenters. The lowest BCUT2D eigenvalue weighted by molar-refractivity contribution is 0.220. The minimum atomic E-state index is -0.167. The summed E-state index contributed by atoms with van der Waals surface area (Å²) < 4.78 is 0. The fourth-order valence-electron chi connectivity index (χ4n) is 1.69. The molecule has 2 amide bonds. The highest BCUT2D eigenvalue weighted by Gasteiger charge is 2.08. The van der Waals surface area contributed by atoms with Gasteiger partial charge in [0.2, 0.25) is 0 Å². The van der Waals surface area contributed by atoms with Crippen molar-refractivity contribution in [3.63, 3.8) is 0 Å². The summed E-state index contributed by atoms with van der Waals surface area (Å²) in [5.41, 5.74) is 1.73. The summed E-state index contributed by atoms with van der Waals surface area (Å²) >= 11 is 0. The Bertz CT molecular complexity index is 538. The van der Waals surface area contributed by atoms with E-state index in [0.29, 0.717) is 6.54 Å². The highest BCUT2D eigenvalue weighted by molar-refractivity contribution is 5.89. The molecule has 2 aromatic rings. The molecule has 0 heterocycles. The zero-order chi connectivity index (χ0) is 13.7. The van der Waals surface area contributed by atoms with Crippen LogP contribution in [0.4, 0.5) is 10.5 Å². The van der Waals surface area contributed by atoms with Crippen LogP contribution in [0, 0.1) is 0 Å². The van der Waals surface area contributed by atoms with Gasteiger partial charge in [0.25, 0.3) is 0 Å². The van der Waals surface area contributed by atoms with E-state index in [2.05, 4.69) is 5.32 Å². The van der Waals surface area contributed by atoms with Crippen LogP contribution in [0.25, 0.3) is 0 Å². The van der Waals surface area contributed by atoms with Crippen LogP contribution in [-0.4, -0.2) is 23.1 Å². The van der Waals surface area contributed by atoms with E-state index in [1.807, 2.05) is 30.3 Å². The zero-order valence-electron chi connectivity index (χ0n) is 10.7. The average molecular weight is 256 g/mol. The van der Waals surface area contributed by atoms with E-state index in [0.717, 1.165) is 11.3 Å². The van der Waals surface area contributed by atoms with Gasteiger partial charge in [0.05, 0.1) is 0 Å². The monoisotopic (exact) mass is 256 g/mol. The second-order valence-electron chi connectivity index (χ2n) is 4.32. The maximum Gasteiger partial charge on any atom is 0.321 e. The van der Waals surface area contributed by atoms with Crippen LogP contribution in [0.2, 0.25) is 0 Å². The second-order valence-corrected chi connectivity index (χ2v) is 4.32. The van der Waals surface area contributed by atoms with Crippen LogP contribution in [0.3, 0.4) is 0 Å². The molecule has 0 bridgehead atoms. The number of phenolic OH excluding ortho intramolecular Hbond substituents is 1. The number of anilines is 1. The molecule has 19 heavy (non-hydrogen) atoms. The number of benzene rings is 2. The van der Waals surface area contributed by atoms with Crippen molar-refractivity contribution < 1.29 is 9.90 Å². The molecule has 0 saturated heterocycles. The summed E-state index contributed by atoms with van der Waals surface area (Å²) in [6.45, 7) is 0.485. The Morgan fingerprint density at radius 2 is 1.74 bits per heavy atom. The van der Waals surface area contributed by atoms with Gasteiger partial charge in [-0.3, -0.25) is 0 Å². The van der Waals surface area contributed by atoms with Crippen molar-refractivity contribution in [1.82, 2.24) is 4.90 Å². The Morgan fingerprint density at radius 3 is 2.37 bits per heavy atom. The van der Waals surface area contributed by atoms with E-state index in [1.54, 1.807) is 36.2 Å².